The second kappa shape index (κ2) is 7.21. The number of azide groups is 1. The van der Waals surface area contributed by atoms with Crippen LogP contribution in [0.15, 0.2) is 47.6 Å². The Labute approximate surface area is 157 Å². The molecule has 0 radical (unpaired) electrons. The highest BCUT2D eigenvalue weighted by atomic mass is 16.5. The molecule has 138 valence electrons. The fourth-order valence-electron chi connectivity index (χ4n) is 3.81. The van der Waals surface area contributed by atoms with E-state index in [0.29, 0.717) is 28.3 Å². The van der Waals surface area contributed by atoms with Crippen LogP contribution in [0.5, 0.6) is 11.5 Å². The van der Waals surface area contributed by atoms with Gasteiger partial charge in [-0.05, 0) is 55.0 Å². The van der Waals surface area contributed by atoms with Crippen LogP contribution in [0.4, 0.5) is 5.69 Å². The van der Waals surface area contributed by atoms with Gasteiger partial charge in [0.05, 0.1) is 13.2 Å². The molecule has 2 aliphatic rings. The molecule has 7 nitrogen and oxygen atoms in total. The van der Waals surface area contributed by atoms with Gasteiger partial charge in [-0.3, -0.25) is 9.69 Å². The van der Waals surface area contributed by atoms with Crippen molar-refractivity contribution in [3.8, 4) is 11.5 Å². The molecule has 1 aliphatic heterocycles. The maximum atomic E-state index is 13.0. The highest BCUT2D eigenvalue weighted by molar-refractivity contribution is 6.11. The van der Waals surface area contributed by atoms with Crippen molar-refractivity contribution in [2.75, 3.05) is 12.0 Å². The molecule has 0 spiro atoms. The van der Waals surface area contributed by atoms with Gasteiger partial charge in [0, 0.05) is 22.2 Å². The molecule has 1 atom stereocenters. The van der Waals surface area contributed by atoms with E-state index in [9.17, 15) is 4.79 Å². The summed E-state index contributed by atoms with van der Waals surface area (Å²) < 4.78 is 11.6. The summed E-state index contributed by atoms with van der Waals surface area (Å²) >= 11 is 0. The number of fused-ring (bicyclic) bond motifs is 1. The molecule has 0 aromatic heterocycles. The molecule has 4 rings (SSSR count). The number of amides is 1. The molecule has 0 bridgehead atoms. The fraction of sp³-hybridized carbons (Fsp3) is 0.350. The van der Waals surface area contributed by atoms with Gasteiger partial charge in [-0.1, -0.05) is 23.3 Å². The van der Waals surface area contributed by atoms with E-state index in [1.807, 2.05) is 12.1 Å². The Morgan fingerprint density at radius 2 is 1.93 bits per heavy atom. The molecular weight excluding hydrogens is 344 g/mol. The maximum absolute atomic E-state index is 13.0. The van der Waals surface area contributed by atoms with Crippen LogP contribution in [0.3, 0.4) is 0 Å². The summed E-state index contributed by atoms with van der Waals surface area (Å²) in [5, 5.41) is 3.86. The minimum atomic E-state index is -0.716. The average Bonchev–Trinajstić information content (AvgIpc) is 3.29. The molecule has 1 unspecified atom stereocenters. The normalized spacial score (nSPS) is 18.9. The topological polar surface area (TPSA) is 87.5 Å². The van der Waals surface area contributed by atoms with Gasteiger partial charge in [0.2, 0.25) is 0 Å². The van der Waals surface area contributed by atoms with E-state index in [2.05, 4.69) is 10.0 Å². The van der Waals surface area contributed by atoms with E-state index in [-0.39, 0.29) is 12.0 Å². The van der Waals surface area contributed by atoms with E-state index >= 15 is 0 Å². The first-order valence-corrected chi connectivity index (χ1v) is 9.04. The number of ether oxygens (including phenoxy) is 2. The van der Waals surface area contributed by atoms with Gasteiger partial charge >= 0.3 is 0 Å². The van der Waals surface area contributed by atoms with Gasteiger partial charge in [-0.15, -0.1) is 0 Å². The molecule has 0 saturated heterocycles. The van der Waals surface area contributed by atoms with E-state index in [1.165, 1.54) is 4.90 Å². The van der Waals surface area contributed by atoms with Crippen molar-refractivity contribution >= 4 is 11.6 Å². The van der Waals surface area contributed by atoms with E-state index in [1.54, 1.807) is 37.4 Å². The van der Waals surface area contributed by atoms with Crippen LogP contribution in [-0.2, 0) is 0 Å². The summed E-state index contributed by atoms with van der Waals surface area (Å²) in [7, 11) is 1.59. The maximum Gasteiger partial charge on any atom is 0.259 e. The Balaban J connectivity index is 1.73. The number of nitrogens with zero attached hydrogens (tertiary/aromatic N) is 4. The number of carbonyl (C=O) groups is 1. The summed E-state index contributed by atoms with van der Waals surface area (Å²) in [4.78, 5) is 17.4. The lowest BCUT2D eigenvalue weighted by Gasteiger charge is -2.24. The molecular formula is C20H20N4O3. The molecule has 1 amide bonds. The molecule has 1 fully saturated rings. The van der Waals surface area contributed by atoms with Crippen LogP contribution in [0, 0.1) is 0 Å². The van der Waals surface area contributed by atoms with Gasteiger partial charge in [0.15, 0.2) is 11.5 Å². The predicted molar refractivity (Wildman–Crippen MR) is 101 cm³/mol. The zero-order valence-electron chi connectivity index (χ0n) is 15.0. The summed E-state index contributed by atoms with van der Waals surface area (Å²) in [6, 6.07) is 12.5. The molecule has 2 aromatic carbocycles. The number of hydrogen-bond donors (Lipinski definition) is 0. The highest BCUT2D eigenvalue weighted by Crippen LogP contribution is 2.42. The van der Waals surface area contributed by atoms with Gasteiger partial charge in [0.25, 0.3) is 5.91 Å². The van der Waals surface area contributed by atoms with E-state index in [0.717, 1.165) is 25.7 Å². The molecule has 1 saturated carbocycles. The first-order chi connectivity index (χ1) is 13.2. The molecule has 7 heteroatoms. The van der Waals surface area contributed by atoms with Crippen molar-refractivity contribution in [1.29, 1.82) is 0 Å². The molecule has 27 heavy (non-hydrogen) atoms. The van der Waals surface area contributed by atoms with Crippen molar-refractivity contribution in [2.24, 2.45) is 5.11 Å². The van der Waals surface area contributed by atoms with Crippen LogP contribution in [-0.4, -0.2) is 19.1 Å². The van der Waals surface area contributed by atoms with Crippen LogP contribution in [0.25, 0.3) is 10.4 Å². The van der Waals surface area contributed by atoms with Gasteiger partial charge in [-0.25, -0.2) is 0 Å². The monoisotopic (exact) mass is 364 g/mol. The van der Waals surface area contributed by atoms with Crippen molar-refractivity contribution in [2.45, 2.75) is 38.0 Å². The molecule has 1 heterocycles. The third-order valence-corrected chi connectivity index (χ3v) is 5.11. The lowest BCUT2D eigenvalue weighted by atomic mass is 10.1. The second-order valence-electron chi connectivity index (χ2n) is 6.70. The Kier molecular flexibility index (Phi) is 4.60. The number of methoxy groups -OCH3 is 1. The van der Waals surface area contributed by atoms with Crippen molar-refractivity contribution in [3.63, 3.8) is 0 Å². The quantitative estimate of drug-likeness (QED) is 0.425. The van der Waals surface area contributed by atoms with Crippen LogP contribution in [0.1, 0.15) is 47.8 Å². The van der Waals surface area contributed by atoms with Crippen LogP contribution in [0.2, 0.25) is 0 Å². The van der Waals surface area contributed by atoms with Crippen molar-refractivity contribution < 1.29 is 14.3 Å². The van der Waals surface area contributed by atoms with E-state index in [4.69, 9.17) is 15.0 Å². The number of rotatable bonds is 5. The van der Waals surface area contributed by atoms with Gasteiger partial charge in [-0.2, -0.15) is 0 Å². The number of carbonyl (C=O) groups excluding carboxylic acids is 1. The Bertz CT molecular complexity index is 917. The predicted octanol–water partition coefficient (Wildman–Crippen LogP) is 4.99. The number of hydrogen-bond acceptors (Lipinski definition) is 4. The standard InChI is InChI=1S/C20H20N4O3/c1-26-17-11-10-13(12-18(17)27-14-6-2-3-7-14)24-19(22-23-21)15-8-4-5-9-16(15)20(24)25/h4-5,8-12,14,19H,2-3,6-7H2,1H3. The number of anilines is 1. The SMILES string of the molecule is COc1ccc(N2C(=O)c3ccccc3C2N=[N+]=[N-])cc1OC1CCCC1. The summed E-state index contributed by atoms with van der Waals surface area (Å²) in [5.41, 5.74) is 10.9. The Hall–Kier alpha value is -3.18. The average molecular weight is 364 g/mol. The first-order valence-electron chi connectivity index (χ1n) is 9.04. The minimum Gasteiger partial charge on any atom is -0.493 e. The lowest BCUT2D eigenvalue weighted by molar-refractivity contribution is 0.0991. The third kappa shape index (κ3) is 3.06. The van der Waals surface area contributed by atoms with Gasteiger partial charge < -0.3 is 9.47 Å². The number of benzene rings is 2. The molecule has 2 aromatic rings. The largest absolute Gasteiger partial charge is 0.493 e. The first kappa shape index (κ1) is 17.2. The zero-order valence-corrected chi connectivity index (χ0v) is 15.0. The molecule has 0 N–H and O–H groups in total. The van der Waals surface area contributed by atoms with Crippen molar-refractivity contribution in [1.82, 2.24) is 0 Å². The smallest absolute Gasteiger partial charge is 0.259 e. The lowest BCUT2D eigenvalue weighted by Crippen LogP contribution is -2.26. The fourth-order valence-corrected chi connectivity index (χ4v) is 3.81. The van der Waals surface area contributed by atoms with Crippen LogP contribution < -0.4 is 14.4 Å². The minimum absolute atomic E-state index is 0.161. The van der Waals surface area contributed by atoms with Crippen LogP contribution >= 0.6 is 0 Å². The zero-order chi connectivity index (χ0) is 18.8. The van der Waals surface area contributed by atoms with Crippen molar-refractivity contribution in [3.05, 3.63) is 64.0 Å². The third-order valence-electron chi connectivity index (χ3n) is 5.11. The van der Waals surface area contributed by atoms with Gasteiger partial charge in [0.1, 0.15) is 6.17 Å². The molecule has 1 aliphatic carbocycles. The summed E-state index contributed by atoms with van der Waals surface area (Å²) in [6.07, 6.45) is 3.79. The van der Waals surface area contributed by atoms with E-state index < -0.39 is 6.17 Å². The highest BCUT2D eigenvalue weighted by Gasteiger charge is 2.37. The Morgan fingerprint density at radius 1 is 1.15 bits per heavy atom. The summed E-state index contributed by atoms with van der Waals surface area (Å²) in [6.45, 7) is 0. The summed E-state index contributed by atoms with van der Waals surface area (Å²) in [5.74, 6) is 1.03. The second-order valence-corrected chi connectivity index (χ2v) is 6.70. The Morgan fingerprint density at radius 3 is 2.67 bits per heavy atom.